The van der Waals surface area contributed by atoms with Crippen molar-refractivity contribution in [2.24, 2.45) is 0 Å². The van der Waals surface area contributed by atoms with Crippen LogP contribution in [0, 0.1) is 0 Å². The maximum absolute atomic E-state index is 12.7. The Morgan fingerprint density at radius 2 is 2.07 bits per heavy atom. The van der Waals surface area contributed by atoms with E-state index in [1.807, 2.05) is 0 Å². The first kappa shape index (κ1) is 11.7. The molecule has 0 saturated heterocycles. The SMILES string of the molecule is COc1cc(S(=O)(=O)F)c(Br)cc1Cl. The fraction of sp³-hybridized carbons (Fsp3) is 0.143. The normalized spacial score (nSPS) is 11.4. The van der Waals surface area contributed by atoms with Gasteiger partial charge in [-0.05, 0) is 22.0 Å². The van der Waals surface area contributed by atoms with Gasteiger partial charge in [-0.1, -0.05) is 11.6 Å². The average molecular weight is 304 g/mol. The monoisotopic (exact) mass is 302 g/mol. The number of methoxy groups -OCH3 is 1. The molecule has 0 fully saturated rings. The van der Waals surface area contributed by atoms with Gasteiger partial charge in [-0.3, -0.25) is 0 Å². The maximum Gasteiger partial charge on any atom is 0.333 e. The molecule has 0 saturated carbocycles. The molecule has 0 unspecified atom stereocenters. The third-order valence-electron chi connectivity index (χ3n) is 1.47. The van der Waals surface area contributed by atoms with Crippen LogP contribution in [-0.2, 0) is 10.2 Å². The zero-order chi connectivity index (χ0) is 10.9. The summed E-state index contributed by atoms with van der Waals surface area (Å²) in [6.45, 7) is 0. The summed E-state index contributed by atoms with van der Waals surface area (Å²) < 4.78 is 38.8. The maximum atomic E-state index is 12.7. The zero-order valence-corrected chi connectivity index (χ0v) is 10.1. The number of hydrogen-bond donors (Lipinski definition) is 0. The highest BCUT2D eigenvalue weighted by Gasteiger charge is 2.19. The molecule has 1 aromatic carbocycles. The molecule has 0 spiro atoms. The molecule has 0 atom stereocenters. The molecule has 78 valence electrons. The van der Waals surface area contributed by atoms with E-state index in [1.165, 1.54) is 13.2 Å². The predicted molar refractivity (Wildman–Crippen MR) is 54.0 cm³/mol. The van der Waals surface area contributed by atoms with Crippen LogP contribution in [0.25, 0.3) is 0 Å². The van der Waals surface area contributed by atoms with Gasteiger partial charge in [-0.15, -0.1) is 3.89 Å². The van der Waals surface area contributed by atoms with E-state index in [9.17, 15) is 12.3 Å². The molecule has 0 amide bonds. The summed E-state index contributed by atoms with van der Waals surface area (Å²) in [5.74, 6) is 0.103. The van der Waals surface area contributed by atoms with Gasteiger partial charge in [0.15, 0.2) is 0 Å². The van der Waals surface area contributed by atoms with Crippen LogP contribution in [0.3, 0.4) is 0 Å². The third kappa shape index (κ3) is 2.37. The zero-order valence-electron chi connectivity index (χ0n) is 6.92. The molecule has 0 heterocycles. The lowest BCUT2D eigenvalue weighted by atomic mass is 10.3. The van der Waals surface area contributed by atoms with Gasteiger partial charge in [0.05, 0.1) is 12.1 Å². The van der Waals surface area contributed by atoms with E-state index in [-0.39, 0.29) is 15.2 Å². The van der Waals surface area contributed by atoms with Gasteiger partial charge in [0.25, 0.3) is 0 Å². The number of halogens is 3. The second kappa shape index (κ2) is 4.04. The van der Waals surface area contributed by atoms with Crippen molar-refractivity contribution < 1.29 is 17.0 Å². The van der Waals surface area contributed by atoms with E-state index >= 15 is 0 Å². The number of benzene rings is 1. The van der Waals surface area contributed by atoms with Crippen LogP contribution in [0.1, 0.15) is 0 Å². The van der Waals surface area contributed by atoms with E-state index in [2.05, 4.69) is 15.9 Å². The number of rotatable bonds is 2. The predicted octanol–water partition coefficient (Wildman–Crippen LogP) is 2.77. The first-order valence-electron chi connectivity index (χ1n) is 3.34. The Labute approximate surface area is 94.2 Å². The lowest BCUT2D eigenvalue weighted by molar-refractivity contribution is 0.413. The molecule has 0 aliphatic carbocycles. The quantitative estimate of drug-likeness (QED) is 0.789. The first-order chi connectivity index (χ1) is 6.36. The minimum absolute atomic E-state index is 0.0609. The van der Waals surface area contributed by atoms with Crippen LogP contribution in [0.4, 0.5) is 3.89 Å². The van der Waals surface area contributed by atoms with Crippen LogP contribution in [0.5, 0.6) is 5.75 Å². The topological polar surface area (TPSA) is 43.4 Å². The summed E-state index contributed by atoms with van der Waals surface area (Å²) in [6, 6.07) is 2.27. The van der Waals surface area contributed by atoms with E-state index in [4.69, 9.17) is 16.3 Å². The molecule has 14 heavy (non-hydrogen) atoms. The Balaban J connectivity index is 3.47. The van der Waals surface area contributed by atoms with Gasteiger partial charge in [-0.2, -0.15) is 8.42 Å². The Morgan fingerprint density at radius 3 is 2.50 bits per heavy atom. The molecular weight excluding hydrogens is 298 g/mol. The van der Waals surface area contributed by atoms with Gasteiger partial charge < -0.3 is 4.74 Å². The summed E-state index contributed by atoms with van der Waals surface area (Å²) in [4.78, 5) is -0.501. The molecule has 0 aromatic heterocycles. The minimum atomic E-state index is -4.77. The molecule has 0 bridgehead atoms. The smallest absolute Gasteiger partial charge is 0.333 e. The van der Waals surface area contributed by atoms with Crippen molar-refractivity contribution in [2.75, 3.05) is 7.11 Å². The minimum Gasteiger partial charge on any atom is -0.495 e. The van der Waals surface area contributed by atoms with Crippen LogP contribution in [-0.4, -0.2) is 15.5 Å². The van der Waals surface area contributed by atoms with E-state index < -0.39 is 15.1 Å². The highest BCUT2D eigenvalue weighted by molar-refractivity contribution is 9.10. The molecule has 1 aromatic rings. The van der Waals surface area contributed by atoms with Crippen molar-refractivity contribution in [3.63, 3.8) is 0 Å². The molecule has 0 aliphatic rings. The largest absolute Gasteiger partial charge is 0.495 e. The van der Waals surface area contributed by atoms with Crippen molar-refractivity contribution in [2.45, 2.75) is 4.90 Å². The fourth-order valence-corrected chi connectivity index (χ4v) is 2.69. The Hall–Kier alpha value is -0.330. The molecular formula is C7H5BrClFO3S. The van der Waals surface area contributed by atoms with Crippen LogP contribution >= 0.6 is 27.5 Å². The van der Waals surface area contributed by atoms with Gasteiger partial charge in [0, 0.05) is 10.5 Å². The molecule has 0 aliphatic heterocycles. The molecule has 3 nitrogen and oxygen atoms in total. The van der Waals surface area contributed by atoms with E-state index in [0.29, 0.717) is 0 Å². The standard InChI is InChI=1S/C7H5BrClFO3S/c1-13-6-3-7(14(10,11)12)4(8)2-5(6)9/h2-3H,1H3. The lowest BCUT2D eigenvalue weighted by Gasteiger charge is -2.05. The van der Waals surface area contributed by atoms with Crippen LogP contribution < -0.4 is 4.74 Å². The molecule has 1 rings (SSSR count). The molecule has 0 radical (unpaired) electrons. The number of ether oxygens (including phenoxy) is 1. The van der Waals surface area contributed by atoms with Crippen molar-refractivity contribution >= 4 is 37.8 Å². The molecule has 0 N–H and O–H groups in total. The average Bonchev–Trinajstić information content (AvgIpc) is 2.02. The summed E-state index contributed by atoms with van der Waals surface area (Å²) in [6.07, 6.45) is 0. The highest BCUT2D eigenvalue weighted by Crippen LogP contribution is 2.34. The first-order valence-corrected chi connectivity index (χ1v) is 5.89. The van der Waals surface area contributed by atoms with Gasteiger partial charge >= 0.3 is 10.2 Å². The van der Waals surface area contributed by atoms with Crippen molar-refractivity contribution in [1.29, 1.82) is 0 Å². The van der Waals surface area contributed by atoms with Crippen molar-refractivity contribution in [3.8, 4) is 5.75 Å². The van der Waals surface area contributed by atoms with Crippen LogP contribution in [0.2, 0.25) is 5.02 Å². The summed E-state index contributed by atoms with van der Waals surface area (Å²) >= 11 is 8.57. The summed E-state index contributed by atoms with van der Waals surface area (Å²) in [5.41, 5.74) is 0. The van der Waals surface area contributed by atoms with E-state index in [0.717, 1.165) is 6.07 Å². The van der Waals surface area contributed by atoms with Gasteiger partial charge in [0.2, 0.25) is 0 Å². The number of hydrogen-bond acceptors (Lipinski definition) is 3. The molecule has 7 heteroatoms. The van der Waals surface area contributed by atoms with Crippen LogP contribution in [0.15, 0.2) is 21.5 Å². The van der Waals surface area contributed by atoms with E-state index in [1.54, 1.807) is 0 Å². The Morgan fingerprint density at radius 1 is 1.50 bits per heavy atom. The van der Waals surface area contributed by atoms with Gasteiger partial charge in [0.1, 0.15) is 10.6 Å². The van der Waals surface area contributed by atoms with Crippen molar-refractivity contribution in [1.82, 2.24) is 0 Å². The van der Waals surface area contributed by atoms with Crippen molar-refractivity contribution in [3.05, 3.63) is 21.6 Å². The second-order valence-electron chi connectivity index (χ2n) is 2.36. The summed E-state index contributed by atoms with van der Waals surface area (Å²) in [7, 11) is -3.46. The Bertz CT molecular complexity index is 460. The fourth-order valence-electron chi connectivity index (χ4n) is 0.854. The third-order valence-corrected chi connectivity index (χ3v) is 3.55. The lowest BCUT2D eigenvalue weighted by Crippen LogP contribution is -1.95. The highest BCUT2D eigenvalue weighted by atomic mass is 79.9. The summed E-state index contributed by atoms with van der Waals surface area (Å²) in [5, 5.41) is 0.201. The Kier molecular flexibility index (Phi) is 3.39. The second-order valence-corrected chi connectivity index (χ2v) is 4.93. The van der Waals surface area contributed by atoms with Gasteiger partial charge in [-0.25, -0.2) is 0 Å².